The average Bonchev–Trinajstić information content (AvgIpc) is 3.21. The van der Waals surface area contributed by atoms with Crippen LogP contribution in [0.5, 0.6) is 0 Å². The van der Waals surface area contributed by atoms with E-state index in [4.69, 9.17) is 9.84 Å². The summed E-state index contributed by atoms with van der Waals surface area (Å²) in [5.74, 6) is -0.695. The summed E-state index contributed by atoms with van der Waals surface area (Å²) >= 11 is 0. The Labute approximate surface area is 119 Å². The molecule has 1 aromatic carbocycles. The second-order valence-electron chi connectivity index (χ2n) is 5.94. The van der Waals surface area contributed by atoms with Crippen molar-refractivity contribution in [1.82, 2.24) is 4.90 Å². The van der Waals surface area contributed by atoms with Gasteiger partial charge in [0.2, 0.25) is 0 Å². The topological polar surface area (TPSA) is 49.8 Å². The highest BCUT2D eigenvalue weighted by atomic mass is 16.5. The Hall–Kier alpha value is -1.39. The van der Waals surface area contributed by atoms with Gasteiger partial charge in [-0.05, 0) is 24.0 Å². The first-order valence-electron chi connectivity index (χ1n) is 7.29. The van der Waals surface area contributed by atoms with Crippen molar-refractivity contribution in [2.45, 2.75) is 31.2 Å². The summed E-state index contributed by atoms with van der Waals surface area (Å²) in [6.07, 6.45) is 2.26. The fraction of sp³-hybridized carbons (Fsp3) is 0.562. The first-order valence-corrected chi connectivity index (χ1v) is 7.29. The molecule has 3 rings (SSSR count). The Morgan fingerprint density at radius 2 is 1.85 bits per heavy atom. The number of carbonyl (C=O) groups is 1. The Kier molecular flexibility index (Phi) is 3.76. The molecule has 4 nitrogen and oxygen atoms in total. The molecule has 0 spiro atoms. The number of benzene rings is 1. The van der Waals surface area contributed by atoms with E-state index in [0.717, 1.165) is 45.7 Å². The van der Waals surface area contributed by atoms with Crippen LogP contribution >= 0.6 is 0 Å². The Balaban J connectivity index is 1.64. The SMILES string of the molecule is O=C(O)CC1(c2ccc(CN3CCOCC3)cc2)CC1. The number of rotatable bonds is 5. The van der Waals surface area contributed by atoms with E-state index < -0.39 is 5.97 Å². The maximum atomic E-state index is 10.9. The number of aliphatic carboxylic acids is 1. The lowest BCUT2D eigenvalue weighted by atomic mass is 9.92. The monoisotopic (exact) mass is 275 g/mol. The molecule has 0 bridgehead atoms. The molecule has 1 N–H and O–H groups in total. The van der Waals surface area contributed by atoms with Crippen molar-refractivity contribution in [3.05, 3.63) is 35.4 Å². The van der Waals surface area contributed by atoms with Crippen molar-refractivity contribution in [1.29, 1.82) is 0 Å². The van der Waals surface area contributed by atoms with Gasteiger partial charge in [0, 0.05) is 25.0 Å². The Morgan fingerprint density at radius 3 is 2.40 bits per heavy atom. The minimum atomic E-state index is -0.695. The standard InChI is InChI=1S/C16H21NO3/c18-15(19)11-16(5-6-16)14-3-1-13(2-4-14)12-17-7-9-20-10-8-17/h1-4H,5-12H2,(H,18,19). The molecule has 108 valence electrons. The van der Waals surface area contributed by atoms with E-state index in [1.54, 1.807) is 0 Å². The maximum Gasteiger partial charge on any atom is 0.304 e. The molecule has 2 aliphatic rings. The van der Waals surface area contributed by atoms with Gasteiger partial charge in [-0.1, -0.05) is 24.3 Å². The van der Waals surface area contributed by atoms with Crippen molar-refractivity contribution in [2.75, 3.05) is 26.3 Å². The third-order valence-corrected chi connectivity index (χ3v) is 4.42. The minimum Gasteiger partial charge on any atom is -0.481 e. The van der Waals surface area contributed by atoms with Crippen molar-refractivity contribution in [3.63, 3.8) is 0 Å². The van der Waals surface area contributed by atoms with Crippen molar-refractivity contribution >= 4 is 5.97 Å². The van der Waals surface area contributed by atoms with Gasteiger partial charge in [0.25, 0.3) is 0 Å². The minimum absolute atomic E-state index is 0.0800. The molecule has 1 aliphatic carbocycles. The number of ether oxygens (including phenoxy) is 1. The predicted octanol–water partition coefficient (Wildman–Crippen LogP) is 2.03. The largest absolute Gasteiger partial charge is 0.481 e. The van der Waals surface area contributed by atoms with Gasteiger partial charge < -0.3 is 9.84 Å². The van der Waals surface area contributed by atoms with Crippen LogP contribution in [0.1, 0.15) is 30.4 Å². The van der Waals surface area contributed by atoms with Crippen LogP contribution in [0, 0.1) is 0 Å². The molecule has 0 aromatic heterocycles. The van der Waals surface area contributed by atoms with Crippen molar-refractivity contribution in [2.24, 2.45) is 0 Å². The van der Waals surface area contributed by atoms with Crippen LogP contribution < -0.4 is 0 Å². The number of nitrogens with zero attached hydrogens (tertiary/aromatic N) is 1. The van der Waals surface area contributed by atoms with E-state index in [2.05, 4.69) is 29.2 Å². The number of carboxylic acid groups (broad SMARTS) is 1. The second kappa shape index (κ2) is 5.54. The summed E-state index contributed by atoms with van der Waals surface area (Å²) in [5, 5.41) is 9.00. The predicted molar refractivity (Wildman–Crippen MR) is 75.7 cm³/mol. The van der Waals surface area contributed by atoms with Gasteiger partial charge in [-0.25, -0.2) is 0 Å². The molecule has 1 aromatic rings. The molecular weight excluding hydrogens is 254 g/mol. The molecule has 0 unspecified atom stereocenters. The van der Waals surface area contributed by atoms with Gasteiger partial charge in [0.1, 0.15) is 0 Å². The molecule has 1 saturated carbocycles. The normalized spacial score (nSPS) is 21.6. The van der Waals surface area contributed by atoms with Crippen molar-refractivity contribution < 1.29 is 14.6 Å². The molecular formula is C16H21NO3. The molecule has 0 amide bonds. The van der Waals surface area contributed by atoms with Gasteiger partial charge in [0.05, 0.1) is 19.6 Å². The van der Waals surface area contributed by atoms with Crippen molar-refractivity contribution in [3.8, 4) is 0 Å². The molecule has 0 atom stereocenters. The molecule has 2 fully saturated rings. The summed E-state index contributed by atoms with van der Waals surface area (Å²) in [6.45, 7) is 4.57. The smallest absolute Gasteiger partial charge is 0.304 e. The molecule has 1 saturated heterocycles. The van der Waals surface area contributed by atoms with E-state index in [0.29, 0.717) is 0 Å². The third kappa shape index (κ3) is 3.02. The summed E-state index contributed by atoms with van der Waals surface area (Å²) in [5.41, 5.74) is 2.40. The van der Waals surface area contributed by atoms with Crippen LogP contribution in [-0.4, -0.2) is 42.3 Å². The van der Waals surface area contributed by atoms with E-state index in [9.17, 15) is 4.79 Å². The van der Waals surface area contributed by atoms with Crippen LogP contribution in [0.4, 0.5) is 0 Å². The number of hydrogen-bond acceptors (Lipinski definition) is 3. The lowest BCUT2D eigenvalue weighted by Gasteiger charge is -2.26. The second-order valence-corrected chi connectivity index (χ2v) is 5.94. The lowest BCUT2D eigenvalue weighted by molar-refractivity contribution is -0.137. The van der Waals surface area contributed by atoms with Gasteiger partial charge in [-0.2, -0.15) is 0 Å². The van der Waals surface area contributed by atoms with E-state index >= 15 is 0 Å². The highest BCUT2D eigenvalue weighted by Gasteiger charge is 2.45. The molecule has 20 heavy (non-hydrogen) atoms. The first-order chi connectivity index (χ1) is 9.68. The number of hydrogen-bond donors (Lipinski definition) is 1. The summed E-state index contributed by atoms with van der Waals surface area (Å²) in [7, 11) is 0. The fourth-order valence-corrected chi connectivity index (χ4v) is 2.99. The van der Waals surface area contributed by atoms with Gasteiger partial charge in [-0.15, -0.1) is 0 Å². The summed E-state index contributed by atoms with van der Waals surface area (Å²) < 4.78 is 5.35. The fourth-order valence-electron chi connectivity index (χ4n) is 2.99. The highest BCUT2D eigenvalue weighted by Crippen LogP contribution is 2.50. The van der Waals surface area contributed by atoms with Gasteiger partial charge >= 0.3 is 5.97 Å². The van der Waals surface area contributed by atoms with E-state index in [1.807, 2.05) is 0 Å². The van der Waals surface area contributed by atoms with E-state index in [1.165, 1.54) is 11.1 Å². The summed E-state index contributed by atoms with van der Waals surface area (Å²) in [6, 6.07) is 8.52. The van der Waals surface area contributed by atoms with E-state index in [-0.39, 0.29) is 11.8 Å². The third-order valence-electron chi connectivity index (χ3n) is 4.42. The zero-order valence-electron chi connectivity index (χ0n) is 11.7. The lowest BCUT2D eigenvalue weighted by Crippen LogP contribution is -2.35. The van der Waals surface area contributed by atoms with Crippen LogP contribution in [0.3, 0.4) is 0 Å². The van der Waals surface area contributed by atoms with Crippen LogP contribution in [0.2, 0.25) is 0 Å². The van der Waals surface area contributed by atoms with Crippen LogP contribution in [-0.2, 0) is 21.5 Å². The van der Waals surface area contributed by atoms with Crippen LogP contribution in [0.25, 0.3) is 0 Å². The Bertz CT molecular complexity index is 473. The maximum absolute atomic E-state index is 10.9. The number of morpholine rings is 1. The van der Waals surface area contributed by atoms with Crippen LogP contribution in [0.15, 0.2) is 24.3 Å². The quantitative estimate of drug-likeness (QED) is 0.893. The molecule has 4 heteroatoms. The zero-order valence-corrected chi connectivity index (χ0v) is 11.7. The number of carboxylic acids is 1. The Morgan fingerprint density at radius 1 is 1.20 bits per heavy atom. The molecule has 0 radical (unpaired) electrons. The first kappa shape index (κ1) is 13.6. The van der Waals surface area contributed by atoms with Gasteiger partial charge in [-0.3, -0.25) is 9.69 Å². The molecule has 1 aliphatic heterocycles. The highest BCUT2D eigenvalue weighted by molar-refractivity contribution is 5.70. The van der Waals surface area contributed by atoms with Gasteiger partial charge in [0.15, 0.2) is 0 Å². The summed E-state index contributed by atoms with van der Waals surface area (Å²) in [4.78, 5) is 13.3. The molecule has 1 heterocycles. The average molecular weight is 275 g/mol. The zero-order chi connectivity index (χ0) is 14.0.